The number of hydrogen-bond donors (Lipinski definition) is 4. The maximum absolute atomic E-state index is 11.5. The number of aliphatic hydroxyl groups excluding tert-OH is 1. The van der Waals surface area contributed by atoms with E-state index in [0.717, 1.165) is 6.07 Å². The number of aliphatic hydroxyl groups is 1. The lowest BCUT2D eigenvalue weighted by atomic mass is 10.2. The monoisotopic (exact) mass is 226 g/mol. The van der Waals surface area contributed by atoms with Crippen LogP contribution in [0.25, 0.3) is 0 Å². The third-order valence-corrected chi connectivity index (χ3v) is 2.02. The van der Waals surface area contributed by atoms with Crippen molar-refractivity contribution in [1.82, 2.24) is 10.3 Å². The predicted molar refractivity (Wildman–Crippen MR) is 57.3 cm³/mol. The second kappa shape index (κ2) is 5.32. The van der Waals surface area contributed by atoms with Crippen molar-refractivity contribution < 1.29 is 15.0 Å². The number of rotatable bonds is 4. The number of nitrogens with one attached hydrogen (secondary N) is 2. The smallest absolute Gasteiger partial charge is 0.251 e. The Hall–Kier alpha value is -1.82. The summed E-state index contributed by atoms with van der Waals surface area (Å²) in [5.74, 6) is -0.867. The van der Waals surface area contributed by atoms with Crippen LogP contribution in [0.2, 0.25) is 0 Å². The molecule has 16 heavy (non-hydrogen) atoms. The number of aromatic amines is 1. The largest absolute Gasteiger partial charge is 0.494 e. The van der Waals surface area contributed by atoms with Crippen LogP contribution in [0.4, 0.5) is 0 Å². The lowest BCUT2D eigenvalue weighted by Crippen LogP contribution is -2.30. The van der Waals surface area contributed by atoms with Gasteiger partial charge in [0.2, 0.25) is 0 Å². The van der Waals surface area contributed by atoms with E-state index in [-0.39, 0.29) is 24.0 Å². The first kappa shape index (κ1) is 12.3. The van der Waals surface area contributed by atoms with Crippen LogP contribution in [0, 0.1) is 5.92 Å². The number of carbonyl (C=O) groups excluding carboxylic acids is 1. The van der Waals surface area contributed by atoms with E-state index in [9.17, 15) is 9.59 Å². The maximum Gasteiger partial charge on any atom is 0.251 e. The fourth-order valence-corrected chi connectivity index (χ4v) is 1.09. The molecule has 0 aliphatic rings. The molecular formula is C10H14N2O4. The fraction of sp³-hybridized carbons (Fsp3) is 0.400. The second-order valence-electron chi connectivity index (χ2n) is 3.62. The van der Waals surface area contributed by atoms with E-state index in [2.05, 4.69) is 10.3 Å². The zero-order chi connectivity index (χ0) is 12.1. The average Bonchev–Trinajstić information content (AvgIpc) is 2.23. The van der Waals surface area contributed by atoms with Gasteiger partial charge in [0.05, 0.1) is 5.56 Å². The highest BCUT2D eigenvalue weighted by molar-refractivity contribution is 5.94. The third-order valence-electron chi connectivity index (χ3n) is 2.02. The molecule has 0 fully saturated rings. The molecule has 4 N–H and O–H groups in total. The summed E-state index contributed by atoms with van der Waals surface area (Å²) in [5, 5.41) is 20.4. The van der Waals surface area contributed by atoms with Gasteiger partial charge in [-0.05, 0) is 5.92 Å². The topological polar surface area (TPSA) is 102 Å². The van der Waals surface area contributed by atoms with E-state index in [1.165, 1.54) is 6.07 Å². The van der Waals surface area contributed by atoms with Gasteiger partial charge in [-0.1, -0.05) is 6.92 Å². The fourth-order valence-electron chi connectivity index (χ4n) is 1.09. The minimum atomic E-state index is -0.541. The van der Waals surface area contributed by atoms with Gasteiger partial charge in [-0.15, -0.1) is 0 Å². The van der Waals surface area contributed by atoms with Gasteiger partial charge in [0.15, 0.2) is 5.88 Å². The summed E-state index contributed by atoms with van der Waals surface area (Å²) >= 11 is 0. The van der Waals surface area contributed by atoms with Crippen LogP contribution < -0.4 is 10.9 Å². The second-order valence-corrected chi connectivity index (χ2v) is 3.62. The molecule has 0 aliphatic carbocycles. The van der Waals surface area contributed by atoms with Crippen LogP contribution in [-0.2, 0) is 0 Å². The van der Waals surface area contributed by atoms with Crippen molar-refractivity contribution in [2.75, 3.05) is 13.2 Å². The van der Waals surface area contributed by atoms with Crippen molar-refractivity contribution in [2.24, 2.45) is 5.92 Å². The van der Waals surface area contributed by atoms with E-state index in [0.29, 0.717) is 6.54 Å². The van der Waals surface area contributed by atoms with Crippen LogP contribution in [-0.4, -0.2) is 34.3 Å². The van der Waals surface area contributed by atoms with Crippen molar-refractivity contribution in [3.05, 3.63) is 28.0 Å². The SMILES string of the molecule is CC(CO)CNC(=O)c1cc(O)[nH]c(=O)c1. The van der Waals surface area contributed by atoms with E-state index in [1.807, 2.05) is 0 Å². The Morgan fingerprint density at radius 3 is 2.81 bits per heavy atom. The molecule has 0 aliphatic heterocycles. The van der Waals surface area contributed by atoms with Crippen LogP contribution in [0.5, 0.6) is 5.88 Å². The molecule has 1 amide bonds. The van der Waals surface area contributed by atoms with E-state index >= 15 is 0 Å². The van der Waals surface area contributed by atoms with Gasteiger partial charge in [0.1, 0.15) is 0 Å². The van der Waals surface area contributed by atoms with Crippen molar-refractivity contribution in [3.63, 3.8) is 0 Å². The highest BCUT2D eigenvalue weighted by Gasteiger charge is 2.09. The molecule has 0 spiro atoms. The van der Waals surface area contributed by atoms with Crippen LogP contribution in [0.3, 0.4) is 0 Å². The summed E-state index contributed by atoms with van der Waals surface area (Å²) in [5.41, 5.74) is -0.452. The molecule has 88 valence electrons. The molecule has 1 rings (SSSR count). The normalized spacial score (nSPS) is 12.1. The molecule has 0 saturated heterocycles. The Bertz CT molecular complexity index is 427. The van der Waals surface area contributed by atoms with Crippen molar-refractivity contribution in [3.8, 4) is 5.88 Å². The average molecular weight is 226 g/mol. The zero-order valence-corrected chi connectivity index (χ0v) is 8.86. The summed E-state index contributed by atoms with van der Waals surface area (Å²) in [6.07, 6.45) is 0. The number of aromatic nitrogens is 1. The number of amides is 1. The number of aromatic hydroxyl groups is 1. The molecule has 1 aromatic heterocycles. The molecular weight excluding hydrogens is 212 g/mol. The maximum atomic E-state index is 11.5. The predicted octanol–water partition coefficient (Wildman–Crippen LogP) is -0.561. The Kier molecular flexibility index (Phi) is 4.07. The first-order valence-electron chi connectivity index (χ1n) is 4.85. The first-order chi connectivity index (χ1) is 7.52. The van der Waals surface area contributed by atoms with Crippen LogP contribution >= 0.6 is 0 Å². The first-order valence-corrected chi connectivity index (χ1v) is 4.85. The Morgan fingerprint density at radius 1 is 1.56 bits per heavy atom. The summed E-state index contributed by atoms with van der Waals surface area (Å²) in [6, 6.07) is 2.26. The minimum Gasteiger partial charge on any atom is -0.494 e. The van der Waals surface area contributed by atoms with Crippen LogP contribution in [0.15, 0.2) is 16.9 Å². The Morgan fingerprint density at radius 2 is 2.25 bits per heavy atom. The van der Waals surface area contributed by atoms with Gasteiger partial charge in [0.25, 0.3) is 11.5 Å². The van der Waals surface area contributed by atoms with E-state index in [1.54, 1.807) is 6.92 Å². The van der Waals surface area contributed by atoms with Gasteiger partial charge in [-0.2, -0.15) is 0 Å². The lowest BCUT2D eigenvalue weighted by Gasteiger charge is -2.09. The molecule has 1 aromatic rings. The van der Waals surface area contributed by atoms with Crippen molar-refractivity contribution >= 4 is 5.91 Å². The zero-order valence-electron chi connectivity index (χ0n) is 8.86. The minimum absolute atomic E-state index is 0.0269. The molecule has 6 heteroatoms. The molecule has 0 saturated carbocycles. The quantitative estimate of drug-likeness (QED) is 0.552. The van der Waals surface area contributed by atoms with Gasteiger partial charge < -0.3 is 15.5 Å². The van der Waals surface area contributed by atoms with Gasteiger partial charge in [-0.25, -0.2) is 0 Å². The Labute approximate surface area is 91.9 Å². The summed E-state index contributed by atoms with van der Waals surface area (Å²) < 4.78 is 0. The van der Waals surface area contributed by atoms with E-state index in [4.69, 9.17) is 10.2 Å². The lowest BCUT2D eigenvalue weighted by molar-refractivity contribution is 0.0941. The number of H-pyrrole nitrogens is 1. The van der Waals surface area contributed by atoms with Gasteiger partial charge in [-0.3, -0.25) is 14.6 Å². The molecule has 0 aromatic carbocycles. The standard InChI is InChI=1S/C10H14N2O4/c1-6(5-13)4-11-10(16)7-2-8(14)12-9(15)3-7/h2-3,6,13H,4-5H2,1H3,(H,11,16)(H2,12,14,15). The van der Waals surface area contributed by atoms with Crippen molar-refractivity contribution in [1.29, 1.82) is 0 Å². The molecule has 6 nitrogen and oxygen atoms in total. The summed E-state index contributed by atoms with van der Waals surface area (Å²) in [4.78, 5) is 24.6. The van der Waals surface area contributed by atoms with Gasteiger partial charge in [0, 0.05) is 25.3 Å². The highest BCUT2D eigenvalue weighted by atomic mass is 16.3. The number of hydrogen-bond acceptors (Lipinski definition) is 4. The highest BCUT2D eigenvalue weighted by Crippen LogP contribution is 2.04. The number of carbonyl (C=O) groups is 1. The van der Waals surface area contributed by atoms with Crippen LogP contribution in [0.1, 0.15) is 17.3 Å². The summed E-state index contributed by atoms with van der Waals surface area (Å²) in [6.45, 7) is 2.05. The molecule has 1 unspecified atom stereocenters. The molecule has 1 atom stereocenters. The Balaban J connectivity index is 2.69. The third kappa shape index (κ3) is 3.39. The molecule has 0 bridgehead atoms. The summed E-state index contributed by atoms with van der Waals surface area (Å²) in [7, 11) is 0. The number of pyridine rings is 1. The van der Waals surface area contributed by atoms with Gasteiger partial charge >= 0.3 is 0 Å². The molecule has 0 radical (unpaired) electrons. The molecule has 1 heterocycles. The van der Waals surface area contributed by atoms with Crippen molar-refractivity contribution in [2.45, 2.75) is 6.92 Å². The van der Waals surface area contributed by atoms with E-state index < -0.39 is 11.5 Å².